The van der Waals surface area contributed by atoms with Crippen molar-refractivity contribution in [1.29, 1.82) is 0 Å². The van der Waals surface area contributed by atoms with E-state index in [9.17, 15) is 4.79 Å². The van der Waals surface area contributed by atoms with Gasteiger partial charge in [-0.15, -0.1) is 12.4 Å². The summed E-state index contributed by atoms with van der Waals surface area (Å²) in [5, 5.41) is 0. The molecule has 0 saturated heterocycles. The maximum atomic E-state index is 11.3. The summed E-state index contributed by atoms with van der Waals surface area (Å²) in [6, 6.07) is 18.7. The normalized spacial score (nSPS) is 11.4. The van der Waals surface area contributed by atoms with Crippen molar-refractivity contribution in [2.75, 3.05) is 6.61 Å². The average molecular weight is 334 g/mol. The van der Waals surface area contributed by atoms with Crippen molar-refractivity contribution >= 4 is 18.4 Å². The van der Waals surface area contributed by atoms with Crippen LogP contribution in [-0.4, -0.2) is 18.6 Å². The van der Waals surface area contributed by atoms with Gasteiger partial charge >= 0.3 is 5.97 Å². The van der Waals surface area contributed by atoms with Crippen LogP contribution in [-0.2, 0) is 16.0 Å². The number of esters is 1. The fourth-order valence-corrected chi connectivity index (χ4v) is 2.41. The minimum atomic E-state index is -0.169. The van der Waals surface area contributed by atoms with Crippen LogP contribution in [0.2, 0.25) is 0 Å². The van der Waals surface area contributed by atoms with Gasteiger partial charge in [0, 0.05) is 12.5 Å². The maximum Gasteiger partial charge on any atom is 0.305 e. The van der Waals surface area contributed by atoms with Crippen LogP contribution in [0.5, 0.6) is 0 Å². The number of carbonyl (C=O) groups excluding carboxylic acids is 1. The Labute approximate surface area is 144 Å². The van der Waals surface area contributed by atoms with Crippen LogP contribution < -0.4 is 5.73 Å². The first kappa shape index (κ1) is 19.2. The standard InChI is InChI=1S/C19H23NO2.ClH/c1-2-22-19(21)13-12-18(20)14-15-8-10-17(11-9-15)16-6-4-3-5-7-16;/h3-11,18H,2,12-14,20H2,1H3;1H. The number of rotatable bonds is 7. The third kappa shape index (κ3) is 6.43. The number of hydrogen-bond donors (Lipinski definition) is 1. The monoisotopic (exact) mass is 333 g/mol. The highest BCUT2D eigenvalue weighted by molar-refractivity contribution is 5.85. The Morgan fingerprint density at radius 2 is 1.65 bits per heavy atom. The number of carbonyl (C=O) groups is 1. The van der Waals surface area contributed by atoms with Crippen LogP contribution in [0.1, 0.15) is 25.3 Å². The van der Waals surface area contributed by atoms with Crippen LogP contribution in [0.3, 0.4) is 0 Å². The molecule has 0 spiro atoms. The number of nitrogens with two attached hydrogens (primary N) is 1. The molecule has 0 amide bonds. The third-order valence-electron chi connectivity index (χ3n) is 3.58. The molecule has 0 bridgehead atoms. The van der Waals surface area contributed by atoms with Crippen LogP contribution in [0, 0.1) is 0 Å². The first-order valence-electron chi connectivity index (χ1n) is 7.74. The van der Waals surface area contributed by atoms with Gasteiger partial charge in [0.25, 0.3) is 0 Å². The summed E-state index contributed by atoms with van der Waals surface area (Å²) in [4.78, 5) is 11.3. The summed E-state index contributed by atoms with van der Waals surface area (Å²) in [5.41, 5.74) is 9.69. The van der Waals surface area contributed by atoms with Crippen molar-refractivity contribution in [2.24, 2.45) is 5.73 Å². The van der Waals surface area contributed by atoms with Crippen molar-refractivity contribution in [3.05, 3.63) is 60.2 Å². The van der Waals surface area contributed by atoms with Gasteiger partial charge in [0.2, 0.25) is 0 Å². The largest absolute Gasteiger partial charge is 0.466 e. The highest BCUT2D eigenvalue weighted by atomic mass is 35.5. The summed E-state index contributed by atoms with van der Waals surface area (Å²) in [7, 11) is 0. The number of benzene rings is 2. The van der Waals surface area contributed by atoms with Gasteiger partial charge in [-0.3, -0.25) is 4.79 Å². The lowest BCUT2D eigenvalue weighted by Crippen LogP contribution is -2.24. The van der Waals surface area contributed by atoms with Gasteiger partial charge in [0.05, 0.1) is 6.61 Å². The predicted molar refractivity (Wildman–Crippen MR) is 96.7 cm³/mol. The van der Waals surface area contributed by atoms with Crippen molar-refractivity contribution in [3.8, 4) is 11.1 Å². The van der Waals surface area contributed by atoms with E-state index in [0.29, 0.717) is 19.4 Å². The fourth-order valence-electron chi connectivity index (χ4n) is 2.41. The first-order chi connectivity index (χ1) is 10.7. The van der Waals surface area contributed by atoms with E-state index < -0.39 is 0 Å². The van der Waals surface area contributed by atoms with Crippen molar-refractivity contribution in [2.45, 2.75) is 32.2 Å². The van der Waals surface area contributed by atoms with E-state index in [1.807, 2.05) is 25.1 Å². The summed E-state index contributed by atoms with van der Waals surface area (Å²) >= 11 is 0. The molecular weight excluding hydrogens is 310 g/mol. The van der Waals surface area contributed by atoms with Crippen molar-refractivity contribution < 1.29 is 9.53 Å². The molecule has 2 aromatic rings. The fraction of sp³-hybridized carbons (Fsp3) is 0.316. The Morgan fingerprint density at radius 3 is 2.26 bits per heavy atom. The SMILES string of the molecule is CCOC(=O)CCC(N)Cc1ccc(-c2ccccc2)cc1.Cl. The second-order valence-electron chi connectivity index (χ2n) is 5.37. The molecular formula is C19H24ClNO2. The molecule has 23 heavy (non-hydrogen) atoms. The Bertz CT molecular complexity index is 584. The Kier molecular flexibility index (Phi) is 8.38. The van der Waals surface area contributed by atoms with E-state index in [2.05, 4.69) is 36.4 Å². The maximum absolute atomic E-state index is 11.3. The van der Waals surface area contributed by atoms with Gasteiger partial charge in [-0.2, -0.15) is 0 Å². The quantitative estimate of drug-likeness (QED) is 0.779. The third-order valence-corrected chi connectivity index (χ3v) is 3.58. The number of halogens is 1. The van der Waals surface area contributed by atoms with Gasteiger partial charge in [0.1, 0.15) is 0 Å². The summed E-state index contributed by atoms with van der Waals surface area (Å²) < 4.78 is 4.91. The summed E-state index contributed by atoms with van der Waals surface area (Å²) in [6.07, 6.45) is 1.81. The molecule has 2 aromatic carbocycles. The van der Waals surface area contributed by atoms with E-state index >= 15 is 0 Å². The molecule has 0 heterocycles. The van der Waals surface area contributed by atoms with Crippen LogP contribution in [0.4, 0.5) is 0 Å². The zero-order valence-electron chi connectivity index (χ0n) is 13.4. The average Bonchev–Trinajstić information content (AvgIpc) is 2.55. The van der Waals surface area contributed by atoms with Gasteiger partial charge in [-0.25, -0.2) is 0 Å². The van der Waals surface area contributed by atoms with Crippen molar-refractivity contribution in [1.82, 2.24) is 0 Å². The smallest absolute Gasteiger partial charge is 0.305 e. The predicted octanol–water partition coefficient (Wildman–Crippen LogP) is 3.99. The zero-order chi connectivity index (χ0) is 15.8. The number of ether oxygens (including phenoxy) is 1. The molecule has 2 N–H and O–H groups in total. The second-order valence-corrected chi connectivity index (χ2v) is 5.37. The van der Waals surface area contributed by atoms with Gasteiger partial charge in [-0.05, 0) is 36.5 Å². The molecule has 0 aliphatic carbocycles. The van der Waals surface area contributed by atoms with Gasteiger partial charge in [0.15, 0.2) is 0 Å². The van der Waals surface area contributed by atoms with E-state index in [1.165, 1.54) is 16.7 Å². The molecule has 4 heteroatoms. The summed E-state index contributed by atoms with van der Waals surface area (Å²) in [6.45, 7) is 2.24. The molecule has 124 valence electrons. The summed E-state index contributed by atoms with van der Waals surface area (Å²) in [5.74, 6) is -0.169. The minimum Gasteiger partial charge on any atom is -0.466 e. The number of hydrogen-bond acceptors (Lipinski definition) is 3. The molecule has 3 nitrogen and oxygen atoms in total. The van der Waals surface area contributed by atoms with Crippen LogP contribution >= 0.6 is 12.4 Å². The molecule has 0 radical (unpaired) electrons. The molecule has 1 atom stereocenters. The lowest BCUT2D eigenvalue weighted by atomic mass is 9.99. The molecule has 1 unspecified atom stereocenters. The molecule has 0 aromatic heterocycles. The van der Waals surface area contributed by atoms with Gasteiger partial charge < -0.3 is 10.5 Å². The van der Waals surface area contributed by atoms with E-state index in [-0.39, 0.29) is 24.4 Å². The topological polar surface area (TPSA) is 52.3 Å². The molecule has 0 fully saturated rings. The van der Waals surface area contributed by atoms with Gasteiger partial charge in [-0.1, -0.05) is 54.6 Å². The van der Waals surface area contributed by atoms with E-state index in [0.717, 1.165) is 6.42 Å². The molecule has 0 saturated carbocycles. The second kappa shape index (κ2) is 10.0. The first-order valence-corrected chi connectivity index (χ1v) is 7.74. The minimum absolute atomic E-state index is 0. The lowest BCUT2D eigenvalue weighted by molar-refractivity contribution is -0.143. The zero-order valence-corrected chi connectivity index (χ0v) is 14.2. The Morgan fingerprint density at radius 1 is 1.04 bits per heavy atom. The van der Waals surface area contributed by atoms with E-state index in [1.54, 1.807) is 0 Å². The molecule has 2 rings (SSSR count). The lowest BCUT2D eigenvalue weighted by Gasteiger charge is -2.11. The highest BCUT2D eigenvalue weighted by Gasteiger charge is 2.09. The van der Waals surface area contributed by atoms with Crippen LogP contribution in [0.25, 0.3) is 11.1 Å². The van der Waals surface area contributed by atoms with E-state index in [4.69, 9.17) is 10.5 Å². The molecule has 0 aliphatic heterocycles. The Hall–Kier alpha value is -1.84. The van der Waals surface area contributed by atoms with Crippen LogP contribution in [0.15, 0.2) is 54.6 Å². The highest BCUT2D eigenvalue weighted by Crippen LogP contribution is 2.19. The Balaban J connectivity index is 0.00000264. The molecule has 0 aliphatic rings. The van der Waals surface area contributed by atoms with Crippen molar-refractivity contribution in [3.63, 3.8) is 0 Å².